The number of anilines is 1. The number of aliphatic hydroxyl groups is 3. The number of para-hydroxylation sites is 1. The van der Waals surface area contributed by atoms with E-state index in [2.05, 4.69) is 32.2 Å². The van der Waals surface area contributed by atoms with Crippen LogP contribution in [0.2, 0.25) is 0 Å². The molecule has 0 aromatic heterocycles. The first kappa shape index (κ1) is 34.6. The molecule has 2 aromatic rings. The van der Waals surface area contributed by atoms with Crippen LogP contribution >= 0.6 is 0 Å². The number of rotatable bonds is 11. The van der Waals surface area contributed by atoms with E-state index in [1.807, 2.05) is 63.4 Å². The van der Waals surface area contributed by atoms with E-state index in [1.165, 1.54) is 6.42 Å². The number of benzene rings is 2. The van der Waals surface area contributed by atoms with Crippen LogP contribution < -0.4 is 15.0 Å². The lowest BCUT2D eigenvalue weighted by Crippen LogP contribution is -2.62. The molecule has 2 aromatic carbocycles. The van der Waals surface area contributed by atoms with Gasteiger partial charge < -0.3 is 30.3 Å². The zero-order chi connectivity index (χ0) is 33.7. The van der Waals surface area contributed by atoms with Gasteiger partial charge in [0.1, 0.15) is 24.1 Å². The van der Waals surface area contributed by atoms with Crippen LogP contribution in [0.3, 0.4) is 0 Å². The number of hydrogen-bond acceptors (Lipinski definition) is 9. The van der Waals surface area contributed by atoms with Crippen LogP contribution in [0.1, 0.15) is 57.9 Å². The van der Waals surface area contributed by atoms with E-state index in [1.54, 1.807) is 24.0 Å². The van der Waals surface area contributed by atoms with E-state index in [9.17, 15) is 20.1 Å². The Bertz CT molecular complexity index is 1400. The zero-order valence-corrected chi connectivity index (χ0v) is 28.9. The molecule has 0 spiro atoms. The number of hydroxylamine groups is 2. The molecule has 1 saturated heterocycles. The molecule has 3 aliphatic carbocycles. The molecule has 1 amide bonds. The van der Waals surface area contributed by atoms with Crippen molar-refractivity contribution >= 4 is 11.6 Å². The standard InChI is InChI=1S/C36H54N4O6/c1-20-28-16-25(36(28,3)4)17-29(20)37-34(43)32-31(21(2)42)30(19-41)46-40(32)18-22-11-10-12-27(33(22)45-9)23-13-24(35(44)39(7)8)15-26(14-23)38(5)6/h10-15,20-21,25,28-32,35,41-42,44H,16-19H2,1-9H3,(H,37,43)/t20-,21-,25+,28-,29-,30-,31-,32-,35?/m0/s1. The van der Waals surface area contributed by atoms with Crippen LogP contribution in [0.15, 0.2) is 36.4 Å². The largest absolute Gasteiger partial charge is 0.496 e. The third-order valence-corrected chi connectivity index (χ3v) is 11.2. The van der Waals surface area contributed by atoms with Crippen molar-refractivity contribution in [1.82, 2.24) is 15.3 Å². The van der Waals surface area contributed by atoms with Gasteiger partial charge in [-0.1, -0.05) is 39.0 Å². The van der Waals surface area contributed by atoms with Gasteiger partial charge in [-0.15, -0.1) is 0 Å². The zero-order valence-electron chi connectivity index (χ0n) is 28.9. The van der Waals surface area contributed by atoms with Gasteiger partial charge in [-0.25, -0.2) is 0 Å². The highest BCUT2D eigenvalue weighted by molar-refractivity contribution is 5.83. The Balaban J connectivity index is 1.47. The lowest BCUT2D eigenvalue weighted by Gasteiger charge is -2.62. The van der Waals surface area contributed by atoms with Gasteiger partial charge >= 0.3 is 0 Å². The average molecular weight is 639 g/mol. The number of amides is 1. The van der Waals surface area contributed by atoms with Gasteiger partial charge in [0.05, 0.1) is 26.4 Å². The predicted octanol–water partition coefficient (Wildman–Crippen LogP) is 3.64. The van der Waals surface area contributed by atoms with Crippen molar-refractivity contribution in [3.63, 3.8) is 0 Å². The monoisotopic (exact) mass is 638 g/mol. The lowest BCUT2D eigenvalue weighted by atomic mass is 9.45. The summed E-state index contributed by atoms with van der Waals surface area (Å²) < 4.78 is 6.02. The molecule has 0 radical (unpaired) electrons. The molecule has 46 heavy (non-hydrogen) atoms. The van der Waals surface area contributed by atoms with E-state index in [4.69, 9.17) is 9.57 Å². The number of nitrogens with zero attached hydrogens (tertiary/aromatic N) is 3. The number of carbonyl (C=O) groups is 1. The SMILES string of the molecule is COc1c(CN2O[C@@H](CO)[C@H]([C@H](C)O)[C@H]2C(=O)N[C@H]2C[C@H]3C[C@@H]([C@@H]2C)C3(C)C)cccc1-c1cc(C(O)N(C)C)cc(N(C)C)c1. The summed E-state index contributed by atoms with van der Waals surface area (Å²) in [5.74, 6) is 1.33. The molecular weight excluding hydrogens is 584 g/mol. The second kappa shape index (κ2) is 13.4. The number of ether oxygens (including phenoxy) is 1. The Morgan fingerprint density at radius 2 is 1.87 bits per heavy atom. The second-order valence-electron chi connectivity index (χ2n) is 14.8. The molecule has 4 fully saturated rings. The number of fused-ring (bicyclic) bond motifs is 2. The maximum Gasteiger partial charge on any atom is 0.240 e. The van der Waals surface area contributed by atoms with E-state index in [-0.39, 0.29) is 25.1 Å². The maximum absolute atomic E-state index is 14.1. The molecule has 254 valence electrons. The smallest absolute Gasteiger partial charge is 0.240 e. The fourth-order valence-corrected chi connectivity index (χ4v) is 8.33. The van der Waals surface area contributed by atoms with Crippen LogP contribution in [0.25, 0.3) is 11.1 Å². The molecule has 3 saturated carbocycles. The number of methoxy groups -OCH3 is 1. The summed E-state index contributed by atoms with van der Waals surface area (Å²) >= 11 is 0. The van der Waals surface area contributed by atoms with Crippen molar-refractivity contribution in [2.24, 2.45) is 29.1 Å². The van der Waals surface area contributed by atoms with Crippen LogP contribution in [0, 0.1) is 29.1 Å². The molecule has 6 rings (SSSR count). The van der Waals surface area contributed by atoms with Crippen molar-refractivity contribution in [2.75, 3.05) is 46.8 Å². The normalized spacial score (nSPS) is 30.1. The van der Waals surface area contributed by atoms with E-state index < -0.39 is 30.4 Å². The highest BCUT2D eigenvalue weighted by Crippen LogP contribution is 2.61. The average Bonchev–Trinajstić information content (AvgIpc) is 3.39. The molecule has 10 heteroatoms. The lowest BCUT2D eigenvalue weighted by molar-refractivity contribution is -0.183. The fourth-order valence-electron chi connectivity index (χ4n) is 8.33. The summed E-state index contributed by atoms with van der Waals surface area (Å²) in [5.41, 5.74) is 4.48. The summed E-state index contributed by atoms with van der Waals surface area (Å²) in [5, 5.41) is 37.0. The highest BCUT2D eigenvalue weighted by Gasteiger charge is 2.57. The van der Waals surface area contributed by atoms with Crippen LogP contribution in [0.5, 0.6) is 5.75 Å². The third-order valence-electron chi connectivity index (χ3n) is 11.2. The quantitative estimate of drug-likeness (QED) is 0.274. The summed E-state index contributed by atoms with van der Waals surface area (Å²) in [6.45, 7) is 8.45. The Morgan fingerprint density at radius 1 is 1.15 bits per heavy atom. The van der Waals surface area contributed by atoms with Gasteiger partial charge in [0.15, 0.2) is 0 Å². The highest BCUT2D eigenvalue weighted by atomic mass is 16.7. The van der Waals surface area contributed by atoms with Gasteiger partial charge in [-0.2, -0.15) is 5.06 Å². The van der Waals surface area contributed by atoms with Crippen molar-refractivity contribution in [3.05, 3.63) is 47.5 Å². The minimum absolute atomic E-state index is 0.0579. The fraction of sp³-hybridized carbons (Fsp3) is 0.639. The summed E-state index contributed by atoms with van der Waals surface area (Å²) in [4.78, 5) is 24.1. The molecule has 4 aliphatic rings. The van der Waals surface area contributed by atoms with Gasteiger partial charge in [0, 0.05) is 42.9 Å². The van der Waals surface area contributed by atoms with E-state index in [0.717, 1.165) is 34.4 Å². The first-order valence-electron chi connectivity index (χ1n) is 16.5. The molecule has 4 N–H and O–H groups in total. The Hall–Kier alpha value is -2.73. The molecular formula is C36H54N4O6. The van der Waals surface area contributed by atoms with Crippen molar-refractivity contribution in [2.45, 2.75) is 77.6 Å². The number of hydrogen-bond donors (Lipinski definition) is 4. The number of carbonyl (C=O) groups excluding carboxylic acids is 1. The van der Waals surface area contributed by atoms with Gasteiger partial charge in [-0.3, -0.25) is 14.5 Å². The first-order valence-corrected chi connectivity index (χ1v) is 16.5. The summed E-state index contributed by atoms with van der Waals surface area (Å²) in [6, 6.07) is 11.1. The van der Waals surface area contributed by atoms with Crippen LogP contribution in [-0.4, -0.2) is 97.4 Å². The first-order chi connectivity index (χ1) is 21.7. The number of aliphatic hydroxyl groups excluding tert-OH is 3. The maximum atomic E-state index is 14.1. The molecule has 9 atom stereocenters. The third kappa shape index (κ3) is 6.28. The molecule has 1 heterocycles. The summed E-state index contributed by atoms with van der Waals surface area (Å²) in [7, 11) is 9.20. The molecule has 10 nitrogen and oxygen atoms in total. The minimum atomic E-state index is -0.877. The Morgan fingerprint density at radius 3 is 2.43 bits per heavy atom. The Kier molecular flexibility index (Phi) is 10.1. The van der Waals surface area contributed by atoms with Crippen LogP contribution in [0.4, 0.5) is 5.69 Å². The molecule has 2 bridgehead atoms. The predicted molar refractivity (Wildman–Crippen MR) is 179 cm³/mol. The van der Waals surface area contributed by atoms with Gasteiger partial charge in [0.2, 0.25) is 5.91 Å². The molecule has 1 unspecified atom stereocenters. The van der Waals surface area contributed by atoms with E-state index in [0.29, 0.717) is 28.9 Å². The minimum Gasteiger partial charge on any atom is -0.496 e. The van der Waals surface area contributed by atoms with Crippen LogP contribution in [-0.2, 0) is 16.2 Å². The number of nitrogens with one attached hydrogen (secondary N) is 1. The summed E-state index contributed by atoms with van der Waals surface area (Å²) in [6.07, 6.45) is -0.239. The van der Waals surface area contributed by atoms with Crippen molar-refractivity contribution in [3.8, 4) is 16.9 Å². The van der Waals surface area contributed by atoms with Gasteiger partial charge in [-0.05, 0) is 86.4 Å². The van der Waals surface area contributed by atoms with Gasteiger partial charge in [0.25, 0.3) is 0 Å². The second-order valence-corrected chi connectivity index (χ2v) is 14.8. The van der Waals surface area contributed by atoms with E-state index >= 15 is 0 Å². The Labute approximate surface area is 274 Å². The van der Waals surface area contributed by atoms with Crippen molar-refractivity contribution < 1.29 is 29.7 Å². The topological polar surface area (TPSA) is 118 Å². The van der Waals surface area contributed by atoms with Crippen molar-refractivity contribution in [1.29, 1.82) is 0 Å². The molecule has 1 aliphatic heterocycles.